The lowest BCUT2D eigenvalue weighted by Gasteiger charge is -2.06. The molecule has 0 saturated heterocycles. The summed E-state index contributed by atoms with van der Waals surface area (Å²) in [5, 5.41) is 12.1. The molecule has 0 aromatic heterocycles. The molecule has 0 bridgehead atoms. The lowest BCUT2D eigenvalue weighted by atomic mass is 10.4. The number of hydrogen-bond donors (Lipinski definition) is 2. The van der Waals surface area contributed by atoms with Crippen molar-refractivity contribution in [1.82, 2.24) is 5.32 Å². The number of rotatable bonds is 8. The van der Waals surface area contributed by atoms with E-state index < -0.39 is 0 Å². The number of aliphatic hydroxyl groups excluding tert-OH is 1. The van der Waals surface area contributed by atoms with E-state index in [2.05, 4.69) is 5.32 Å². The lowest BCUT2D eigenvalue weighted by molar-refractivity contribution is 0.120. The van der Waals surface area contributed by atoms with Crippen LogP contribution in [0.15, 0.2) is 0 Å². The molecule has 0 spiro atoms. The van der Waals surface area contributed by atoms with Crippen molar-refractivity contribution in [2.24, 2.45) is 5.92 Å². The predicted octanol–water partition coefficient (Wildman–Crippen LogP) is 0.773. The van der Waals surface area contributed by atoms with Crippen LogP contribution < -0.4 is 5.32 Å². The second-order valence-electron chi connectivity index (χ2n) is 3.92. The van der Waals surface area contributed by atoms with Gasteiger partial charge in [-0.15, -0.1) is 0 Å². The topological polar surface area (TPSA) is 41.5 Å². The highest BCUT2D eigenvalue weighted by molar-refractivity contribution is 4.71. The molecule has 78 valence electrons. The minimum Gasteiger partial charge on any atom is -0.392 e. The number of ether oxygens (including phenoxy) is 1. The van der Waals surface area contributed by atoms with Crippen LogP contribution in [0.5, 0.6) is 0 Å². The smallest absolute Gasteiger partial charge is 0.0636 e. The molecule has 0 aliphatic heterocycles. The van der Waals surface area contributed by atoms with Crippen LogP contribution in [0.4, 0.5) is 0 Å². The molecule has 0 aromatic carbocycles. The van der Waals surface area contributed by atoms with Crippen LogP contribution in [0.3, 0.4) is 0 Å². The van der Waals surface area contributed by atoms with Crippen molar-refractivity contribution in [1.29, 1.82) is 0 Å². The summed E-state index contributed by atoms with van der Waals surface area (Å²) < 4.78 is 5.46. The van der Waals surface area contributed by atoms with E-state index >= 15 is 0 Å². The van der Waals surface area contributed by atoms with Crippen LogP contribution >= 0.6 is 0 Å². The van der Waals surface area contributed by atoms with Gasteiger partial charge in [0.1, 0.15) is 0 Å². The molecule has 0 unspecified atom stereocenters. The van der Waals surface area contributed by atoms with E-state index in [1.54, 1.807) is 6.92 Å². The Morgan fingerprint density at radius 3 is 2.92 bits per heavy atom. The highest BCUT2D eigenvalue weighted by atomic mass is 16.5. The molecule has 1 atom stereocenters. The van der Waals surface area contributed by atoms with E-state index in [9.17, 15) is 0 Å². The third-order valence-corrected chi connectivity index (χ3v) is 2.13. The lowest BCUT2D eigenvalue weighted by Crippen LogP contribution is -2.25. The first-order valence-electron chi connectivity index (χ1n) is 5.25. The van der Waals surface area contributed by atoms with Gasteiger partial charge in [-0.2, -0.15) is 0 Å². The van der Waals surface area contributed by atoms with Gasteiger partial charge in [-0.3, -0.25) is 0 Å². The van der Waals surface area contributed by atoms with Gasteiger partial charge in [-0.1, -0.05) is 0 Å². The van der Waals surface area contributed by atoms with Crippen molar-refractivity contribution in [3.05, 3.63) is 0 Å². The van der Waals surface area contributed by atoms with Gasteiger partial charge in [0, 0.05) is 19.8 Å². The van der Waals surface area contributed by atoms with Gasteiger partial charge in [0.05, 0.1) is 6.10 Å². The summed E-state index contributed by atoms with van der Waals surface area (Å²) >= 11 is 0. The first-order chi connectivity index (χ1) is 6.29. The summed E-state index contributed by atoms with van der Waals surface area (Å²) in [6.07, 6.45) is 3.52. The molecule has 3 nitrogen and oxygen atoms in total. The number of nitrogens with one attached hydrogen (secondary N) is 1. The van der Waals surface area contributed by atoms with E-state index in [1.807, 2.05) is 0 Å². The molecule has 1 aliphatic carbocycles. The summed E-state index contributed by atoms with van der Waals surface area (Å²) in [5.41, 5.74) is 0. The molecule has 3 heteroatoms. The Labute approximate surface area is 80.5 Å². The van der Waals surface area contributed by atoms with Crippen LogP contribution in [0.25, 0.3) is 0 Å². The van der Waals surface area contributed by atoms with Crippen molar-refractivity contribution in [2.75, 3.05) is 26.3 Å². The maximum Gasteiger partial charge on any atom is 0.0636 e. The third-order valence-electron chi connectivity index (χ3n) is 2.13. The predicted molar refractivity (Wildman–Crippen MR) is 52.7 cm³/mol. The van der Waals surface area contributed by atoms with Crippen LogP contribution in [0.2, 0.25) is 0 Å². The zero-order valence-electron chi connectivity index (χ0n) is 8.46. The van der Waals surface area contributed by atoms with E-state index in [4.69, 9.17) is 9.84 Å². The molecule has 1 rings (SSSR count). The van der Waals surface area contributed by atoms with Crippen molar-refractivity contribution in [3.8, 4) is 0 Å². The van der Waals surface area contributed by atoms with Crippen molar-refractivity contribution in [3.63, 3.8) is 0 Å². The fraction of sp³-hybridized carbons (Fsp3) is 1.00. The molecule has 0 heterocycles. The first-order valence-corrected chi connectivity index (χ1v) is 5.25. The summed E-state index contributed by atoms with van der Waals surface area (Å²) in [7, 11) is 0. The molecular formula is C10H21NO2. The number of hydrogen-bond acceptors (Lipinski definition) is 3. The molecular weight excluding hydrogens is 166 g/mol. The molecule has 2 N–H and O–H groups in total. The van der Waals surface area contributed by atoms with Crippen LogP contribution in [0, 0.1) is 5.92 Å². The minimum absolute atomic E-state index is 0.243. The molecule has 1 saturated carbocycles. The summed E-state index contributed by atoms with van der Waals surface area (Å²) in [4.78, 5) is 0. The molecule has 0 aromatic rings. The largest absolute Gasteiger partial charge is 0.392 e. The Morgan fingerprint density at radius 2 is 2.31 bits per heavy atom. The van der Waals surface area contributed by atoms with Gasteiger partial charge in [-0.25, -0.2) is 0 Å². The average molecular weight is 187 g/mol. The van der Waals surface area contributed by atoms with Gasteiger partial charge in [0.2, 0.25) is 0 Å². The Kier molecular flexibility index (Phi) is 5.35. The normalized spacial score (nSPS) is 18.9. The second-order valence-corrected chi connectivity index (χ2v) is 3.92. The molecule has 13 heavy (non-hydrogen) atoms. The average Bonchev–Trinajstić information content (AvgIpc) is 2.86. The molecule has 0 radical (unpaired) electrons. The van der Waals surface area contributed by atoms with Gasteiger partial charge in [0.25, 0.3) is 0 Å². The standard InChI is InChI=1S/C10H21NO2/c1-9(12)7-11-5-2-6-13-8-10-3-4-10/h9-12H,2-8H2,1H3/t9-/m0/s1. The highest BCUT2D eigenvalue weighted by Gasteiger charge is 2.20. The maximum absolute atomic E-state index is 8.94. The SMILES string of the molecule is C[C@H](O)CNCCCOCC1CC1. The van der Waals surface area contributed by atoms with E-state index in [1.165, 1.54) is 12.8 Å². The van der Waals surface area contributed by atoms with Crippen LogP contribution in [0.1, 0.15) is 26.2 Å². The van der Waals surface area contributed by atoms with Crippen LogP contribution in [-0.4, -0.2) is 37.5 Å². The molecule has 1 aliphatic rings. The van der Waals surface area contributed by atoms with E-state index in [0.29, 0.717) is 6.54 Å². The Bertz CT molecular complexity index is 118. The summed E-state index contributed by atoms with van der Waals surface area (Å²) in [5.74, 6) is 0.866. The molecule has 0 amide bonds. The quantitative estimate of drug-likeness (QED) is 0.552. The van der Waals surface area contributed by atoms with E-state index in [-0.39, 0.29) is 6.10 Å². The van der Waals surface area contributed by atoms with E-state index in [0.717, 1.165) is 32.1 Å². The Balaban J connectivity index is 1.68. The highest BCUT2D eigenvalue weighted by Crippen LogP contribution is 2.28. The van der Waals surface area contributed by atoms with Crippen molar-refractivity contribution < 1.29 is 9.84 Å². The van der Waals surface area contributed by atoms with Gasteiger partial charge < -0.3 is 15.2 Å². The van der Waals surface area contributed by atoms with Crippen molar-refractivity contribution >= 4 is 0 Å². The summed E-state index contributed by atoms with van der Waals surface area (Å²) in [6, 6.07) is 0. The monoisotopic (exact) mass is 187 g/mol. The second kappa shape index (κ2) is 6.35. The summed E-state index contributed by atoms with van der Waals surface area (Å²) in [6.45, 7) is 5.22. The minimum atomic E-state index is -0.243. The third kappa shape index (κ3) is 6.99. The van der Waals surface area contributed by atoms with Crippen LogP contribution in [-0.2, 0) is 4.74 Å². The van der Waals surface area contributed by atoms with Crippen molar-refractivity contribution in [2.45, 2.75) is 32.3 Å². The zero-order chi connectivity index (χ0) is 9.52. The Hall–Kier alpha value is -0.120. The Morgan fingerprint density at radius 1 is 1.54 bits per heavy atom. The maximum atomic E-state index is 8.94. The van der Waals surface area contributed by atoms with Gasteiger partial charge in [0.15, 0.2) is 0 Å². The molecule has 1 fully saturated rings. The fourth-order valence-corrected chi connectivity index (χ4v) is 1.14. The number of aliphatic hydroxyl groups is 1. The zero-order valence-corrected chi connectivity index (χ0v) is 8.46. The van der Waals surface area contributed by atoms with Gasteiger partial charge >= 0.3 is 0 Å². The fourth-order valence-electron chi connectivity index (χ4n) is 1.14. The first kappa shape index (κ1) is 11.0. The van der Waals surface area contributed by atoms with Gasteiger partial charge in [-0.05, 0) is 38.6 Å².